The van der Waals surface area contributed by atoms with Crippen LogP contribution in [0.1, 0.15) is 74.9 Å². The number of nitrogens with zero attached hydrogens (tertiary/aromatic N) is 1. The van der Waals surface area contributed by atoms with E-state index in [1.165, 1.54) is 16.2 Å². The molecule has 1 aliphatic carbocycles. The highest BCUT2D eigenvalue weighted by Crippen LogP contribution is 2.45. The van der Waals surface area contributed by atoms with Crippen LogP contribution in [0.4, 0.5) is 0 Å². The van der Waals surface area contributed by atoms with Crippen molar-refractivity contribution in [1.29, 1.82) is 0 Å². The van der Waals surface area contributed by atoms with Gasteiger partial charge in [0.05, 0.1) is 6.10 Å². The number of nitrogens with one attached hydrogen (secondary N) is 1. The summed E-state index contributed by atoms with van der Waals surface area (Å²) < 4.78 is 0. The molecule has 27 heavy (non-hydrogen) atoms. The largest absolute Gasteiger partial charge is 0.391 e. The highest BCUT2D eigenvalue weighted by atomic mass is 16.5. The topological polar surface area (TPSA) is 72.8 Å². The molecule has 0 spiro atoms. The molecule has 1 heterocycles. The van der Waals surface area contributed by atoms with E-state index in [-0.39, 0.29) is 29.2 Å². The van der Waals surface area contributed by atoms with Gasteiger partial charge in [-0.15, -0.1) is 0 Å². The second-order valence-corrected chi connectivity index (χ2v) is 9.60. The summed E-state index contributed by atoms with van der Waals surface area (Å²) in [6.45, 7) is 10.4. The molecule has 1 aromatic carbocycles. The Morgan fingerprint density at radius 3 is 2.37 bits per heavy atom. The van der Waals surface area contributed by atoms with Crippen LogP contribution in [0.5, 0.6) is 0 Å². The molecule has 0 saturated carbocycles. The summed E-state index contributed by atoms with van der Waals surface area (Å²) >= 11 is 0. The highest BCUT2D eigenvalue weighted by Gasteiger charge is 2.37. The number of piperidine rings is 1. The molecule has 0 aromatic heterocycles. The highest BCUT2D eigenvalue weighted by molar-refractivity contribution is 5.94. The van der Waals surface area contributed by atoms with Crippen LogP contribution < -0.4 is 5.32 Å². The van der Waals surface area contributed by atoms with E-state index >= 15 is 0 Å². The zero-order valence-corrected chi connectivity index (χ0v) is 17.1. The summed E-state index contributed by atoms with van der Waals surface area (Å²) in [6.07, 6.45) is 3.18. The normalized spacial score (nSPS) is 23.5. The molecule has 1 aliphatic heterocycles. The number of hydrogen-bond donors (Lipinski definition) is 3. The van der Waals surface area contributed by atoms with Gasteiger partial charge in [-0.25, -0.2) is 0 Å². The van der Waals surface area contributed by atoms with Gasteiger partial charge in [0.25, 0.3) is 5.91 Å². The Labute approximate surface area is 162 Å². The fraction of sp³-hybridized carbons (Fsp3) is 0.682. The Morgan fingerprint density at radius 1 is 1.15 bits per heavy atom. The minimum absolute atomic E-state index is 0.0684. The molecule has 2 aliphatic rings. The van der Waals surface area contributed by atoms with E-state index in [1.807, 2.05) is 12.1 Å². The summed E-state index contributed by atoms with van der Waals surface area (Å²) in [5.41, 5.74) is 3.47. The van der Waals surface area contributed by atoms with Gasteiger partial charge in [0.15, 0.2) is 0 Å². The molecular weight excluding hydrogens is 340 g/mol. The van der Waals surface area contributed by atoms with Crippen molar-refractivity contribution in [3.05, 3.63) is 34.9 Å². The fourth-order valence-electron chi connectivity index (χ4n) is 4.47. The van der Waals surface area contributed by atoms with Gasteiger partial charge in [-0.3, -0.25) is 4.79 Å². The van der Waals surface area contributed by atoms with Gasteiger partial charge in [-0.2, -0.15) is 5.06 Å². The number of benzene rings is 1. The minimum atomic E-state index is -0.573. The zero-order chi connectivity index (χ0) is 19.8. The van der Waals surface area contributed by atoms with Crippen molar-refractivity contribution in [1.82, 2.24) is 10.4 Å². The van der Waals surface area contributed by atoms with E-state index < -0.39 is 6.10 Å². The van der Waals surface area contributed by atoms with Crippen LogP contribution in [0.3, 0.4) is 0 Å². The number of aliphatic hydroxyl groups excluding tert-OH is 1. The zero-order valence-electron chi connectivity index (χ0n) is 17.1. The predicted octanol–water partition coefficient (Wildman–Crippen LogP) is 3.23. The number of aliphatic hydroxyl groups is 1. The van der Waals surface area contributed by atoms with E-state index in [0.29, 0.717) is 18.7 Å². The molecule has 1 atom stereocenters. The van der Waals surface area contributed by atoms with Gasteiger partial charge >= 0.3 is 0 Å². The van der Waals surface area contributed by atoms with Crippen molar-refractivity contribution < 1.29 is 15.1 Å². The first-order valence-electron chi connectivity index (χ1n) is 10.2. The van der Waals surface area contributed by atoms with Crippen molar-refractivity contribution in [2.45, 2.75) is 70.3 Å². The quantitative estimate of drug-likeness (QED) is 0.757. The lowest BCUT2D eigenvalue weighted by atomic mass is 9.63. The molecule has 3 rings (SSSR count). The van der Waals surface area contributed by atoms with Gasteiger partial charge in [-0.1, -0.05) is 33.8 Å². The van der Waals surface area contributed by atoms with Crippen molar-refractivity contribution in [3.63, 3.8) is 0 Å². The smallest absolute Gasteiger partial charge is 0.251 e. The molecular formula is C22H34N2O3. The SMILES string of the molecule is CC1(C)CCC(C)(C)c2cc(C(=O)NCC(O)C3CCN(O)CC3)ccc21. The Bertz CT molecular complexity index is 691. The molecule has 0 radical (unpaired) electrons. The van der Waals surface area contributed by atoms with Gasteiger partial charge in [-0.05, 0) is 65.7 Å². The van der Waals surface area contributed by atoms with Gasteiger partial charge < -0.3 is 15.6 Å². The molecule has 5 nitrogen and oxygen atoms in total. The third-order valence-corrected chi connectivity index (χ3v) is 6.65. The first-order valence-corrected chi connectivity index (χ1v) is 10.2. The molecule has 5 heteroatoms. The van der Waals surface area contributed by atoms with Crippen LogP contribution in [0, 0.1) is 5.92 Å². The summed E-state index contributed by atoms with van der Waals surface area (Å²) in [4.78, 5) is 12.7. The molecule has 3 N–H and O–H groups in total. The summed E-state index contributed by atoms with van der Waals surface area (Å²) in [5.74, 6) is -0.00686. The molecule has 1 fully saturated rings. The average Bonchev–Trinajstić information content (AvgIpc) is 2.63. The third kappa shape index (κ3) is 4.36. The number of hydroxylamine groups is 2. The molecule has 1 aromatic rings. The second-order valence-electron chi connectivity index (χ2n) is 9.60. The lowest BCUT2D eigenvalue weighted by molar-refractivity contribution is -0.120. The van der Waals surface area contributed by atoms with Crippen molar-refractivity contribution in [2.24, 2.45) is 5.92 Å². The number of hydrogen-bond acceptors (Lipinski definition) is 4. The third-order valence-electron chi connectivity index (χ3n) is 6.65. The molecule has 1 unspecified atom stereocenters. The van der Waals surface area contributed by atoms with E-state index in [1.54, 1.807) is 0 Å². The van der Waals surface area contributed by atoms with E-state index in [0.717, 1.165) is 25.7 Å². The van der Waals surface area contributed by atoms with Gasteiger partial charge in [0.1, 0.15) is 0 Å². The number of carbonyl (C=O) groups is 1. The maximum absolute atomic E-state index is 12.7. The van der Waals surface area contributed by atoms with Crippen LogP contribution in [-0.4, -0.2) is 47.0 Å². The first-order chi connectivity index (χ1) is 12.6. The maximum Gasteiger partial charge on any atom is 0.251 e. The summed E-state index contributed by atoms with van der Waals surface area (Å²) in [6, 6.07) is 6.06. The monoisotopic (exact) mass is 374 g/mol. The molecule has 150 valence electrons. The molecule has 0 bridgehead atoms. The van der Waals surface area contributed by atoms with Gasteiger partial charge in [0.2, 0.25) is 0 Å². The van der Waals surface area contributed by atoms with Gasteiger partial charge in [0, 0.05) is 25.2 Å². The summed E-state index contributed by atoms with van der Waals surface area (Å²) in [5, 5.41) is 24.0. The van der Waals surface area contributed by atoms with Crippen molar-refractivity contribution in [2.75, 3.05) is 19.6 Å². The number of rotatable bonds is 4. The Hall–Kier alpha value is -1.43. The second kappa shape index (κ2) is 7.53. The minimum Gasteiger partial charge on any atom is -0.391 e. The standard InChI is InChI=1S/C22H34N2O3/c1-21(2)9-10-22(3,4)18-13-16(5-6-17(18)21)20(26)23-14-19(25)15-7-11-24(27)12-8-15/h5-6,13,15,19,25,27H,7-12,14H2,1-4H3,(H,23,26). The lowest BCUT2D eigenvalue weighted by Gasteiger charge is -2.42. The number of fused-ring (bicyclic) bond motifs is 1. The lowest BCUT2D eigenvalue weighted by Crippen LogP contribution is -2.41. The average molecular weight is 375 g/mol. The Kier molecular flexibility index (Phi) is 5.67. The predicted molar refractivity (Wildman–Crippen MR) is 106 cm³/mol. The molecule has 1 amide bonds. The number of amides is 1. The van der Waals surface area contributed by atoms with E-state index in [4.69, 9.17) is 0 Å². The van der Waals surface area contributed by atoms with Crippen LogP contribution >= 0.6 is 0 Å². The van der Waals surface area contributed by atoms with Crippen LogP contribution in [0.15, 0.2) is 18.2 Å². The van der Waals surface area contributed by atoms with Crippen LogP contribution in [0.25, 0.3) is 0 Å². The van der Waals surface area contributed by atoms with Crippen LogP contribution in [0.2, 0.25) is 0 Å². The Morgan fingerprint density at radius 2 is 1.74 bits per heavy atom. The Balaban J connectivity index is 1.67. The number of carbonyl (C=O) groups excluding carboxylic acids is 1. The first kappa shape index (κ1) is 20.3. The fourth-order valence-corrected chi connectivity index (χ4v) is 4.47. The maximum atomic E-state index is 12.7. The van der Waals surface area contributed by atoms with Crippen LogP contribution in [-0.2, 0) is 10.8 Å². The van der Waals surface area contributed by atoms with Crippen molar-refractivity contribution in [3.8, 4) is 0 Å². The summed E-state index contributed by atoms with van der Waals surface area (Å²) in [7, 11) is 0. The van der Waals surface area contributed by atoms with Crippen molar-refractivity contribution >= 4 is 5.91 Å². The molecule has 1 saturated heterocycles. The van der Waals surface area contributed by atoms with E-state index in [9.17, 15) is 15.1 Å². The van der Waals surface area contributed by atoms with E-state index in [2.05, 4.69) is 39.1 Å².